The first kappa shape index (κ1) is 31.0. The average Bonchev–Trinajstić information content (AvgIpc) is 2.92. The fraction of sp³-hybridized carbons (Fsp3) is 0.500. The van der Waals surface area contributed by atoms with Gasteiger partial charge in [0, 0.05) is 13.0 Å². The van der Waals surface area contributed by atoms with Crippen molar-refractivity contribution in [1.82, 2.24) is 0 Å². The highest BCUT2D eigenvalue weighted by Crippen LogP contribution is 2.36. The summed E-state index contributed by atoms with van der Waals surface area (Å²) in [5, 5.41) is 2.26. The van der Waals surface area contributed by atoms with Gasteiger partial charge in [0.05, 0.1) is 19.8 Å². The number of rotatable bonds is 14. The summed E-state index contributed by atoms with van der Waals surface area (Å²) >= 11 is 0. The van der Waals surface area contributed by atoms with E-state index in [-0.39, 0.29) is 36.6 Å². The normalized spacial score (nSPS) is 16.6. The van der Waals surface area contributed by atoms with E-state index in [1.165, 1.54) is 10.4 Å². The zero-order valence-electron chi connectivity index (χ0n) is 23.9. The molecular formula is C32H44O6Si. The molecule has 1 heterocycles. The second kappa shape index (κ2) is 15.3. The molecule has 2 aromatic carbocycles. The SMILES string of the molecule is CCOC(=O)CC(=O)C/C(=C\CO[Si](c1ccccc1)(c1ccccc1)C(C)(C)C)CCOC1CCCCO1. The van der Waals surface area contributed by atoms with E-state index in [1.807, 2.05) is 18.2 Å². The van der Waals surface area contributed by atoms with Gasteiger partial charge in [0.15, 0.2) is 6.29 Å². The number of esters is 1. The van der Waals surface area contributed by atoms with Gasteiger partial charge in [-0.25, -0.2) is 0 Å². The number of benzene rings is 2. The van der Waals surface area contributed by atoms with Crippen LogP contribution in [0.25, 0.3) is 0 Å². The molecule has 6 nitrogen and oxygen atoms in total. The first-order valence-corrected chi connectivity index (χ1v) is 16.0. The molecule has 1 aliphatic rings. The Morgan fingerprint density at radius 3 is 2.15 bits per heavy atom. The van der Waals surface area contributed by atoms with Gasteiger partial charge in [0.1, 0.15) is 12.2 Å². The molecule has 0 radical (unpaired) electrons. The number of carbonyl (C=O) groups excluding carboxylic acids is 2. The highest BCUT2D eigenvalue weighted by atomic mass is 28.4. The second-order valence-corrected chi connectivity index (χ2v) is 15.3. The Morgan fingerprint density at radius 2 is 1.62 bits per heavy atom. The molecule has 3 rings (SSSR count). The van der Waals surface area contributed by atoms with E-state index in [9.17, 15) is 9.59 Å². The third-order valence-electron chi connectivity index (χ3n) is 7.02. The molecule has 1 aliphatic heterocycles. The van der Waals surface area contributed by atoms with E-state index in [2.05, 4.69) is 69.3 Å². The summed E-state index contributed by atoms with van der Waals surface area (Å²) in [5.74, 6) is -0.656. The molecule has 212 valence electrons. The van der Waals surface area contributed by atoms with Crippen molar-refractivity contribution in [2.45, 2.75) is 77.5 Å². The summed E-state index contributed by atoms with van der Waals surface area (Å²) in [5.41, 5.74) is 0.901. The minimum Gasteiger partial charge on any atom is -0.466 e. The molecule has 7 heteroatoms. The third-order valence-corrected chi connectivity index (χ3v) is 12.0. The van der Waals surface area contributed by atoms with Crippen molar-refractivity contribution in [3.8, 4) is 0 Å². The van der Waals surface area contributed by atoms with E-state index < -0.39 is 14.3 Å². The fourth-order valence-electron chi connectivity index (χ4n) is 5.16. The van der Waals surface area contributed by atoms with E-state index in [4.69, 9.17) is 18.6 Å². The van der Waals surface area contributed by atoms with Crippen LogP contribution < -0.4 is 10.4 Å². The highest BCUT2D eigenvalue weighted by Gasteiger charge is 2.49. The van der Waals surface area contributed by atoms with Crippen LogP contribution in [0.5, 0.6) is 0 Å². The molecule has 39 heavy (non-hydrogen) atoms. The van der Waals surface area contributed by atoms with Gasteiger partial charge in [-0.3, -0.25) is 9.59 Å². The highest BCUT2D eigenvalue weighted by molar-refractivity contribution is 6.99. The quantitative estimate of drug-likeness (QED) is 0.136. The monoisotopic (exact) mass is 552 g/mol. The second-order valence-electron chi connectivity index (χ2n) is 11.0. The van der Waals surface area contributed by atoms with Crippen molar-refractivity contribution in [3.63, 3.8) is 0 Å². The minimum absolute atomic E-state index is 0.148. The predicted octanol–water partition coefficient (Wildman–Crippen LogP) is 5.34. The maximum absolute atomic E-state index is 12.7. The van der Waals surface area contributed by atoms with Crippen molar-refractivity contribution in [1.29, 1.82) is 0 Å². The maximum Gasteiger partial charge on any atom is 0.313 e. The summed E-state index contributed by atoms with van der Waals surface area (Å²) in [6.07, 6.45) is 5.36. The Morgan fingerprint density at radius 1 is 0.974 bits per heavy atom. The van der Waals surface area contributed by atoms with Crippen LogP contribution in [0.2, 0.25) is 5.04 Å². The summed E-state index contributed by atoms with van der Waals surface area (Å²) in [6.45, 7) is 10.2. The van der Waals surface area contributed by atoms with Gasteiger partial charge in [-0.1, -0.05) is 93.1 Å². The molecule has 1 fully saturated rings. The van der Waals surface area contributed by atoms with Gasteiger partial charge in [-0.15, -0.1) is 0 Å². The molecule has 0 amide bonds. The number of ether oxygens (including phenoxy) is 3. The molecule has 1 atom stereocenters. The molecule has 1 saturated heterocycles. The lowest BCUT2D eigenvalue weighted by atomic mass is 10.0. The van der Waals surface area contributed by atoms with Crippen molar-refractivity contribution in [3.05, 3.63) is 72.3 Å². The first-order valence-electron chi connectivity index (χ1n) is 14.1. The van der Waals surface area contributed by atoms with Crippen LogP contribution in [0.3, 0.4) is 0 Å². The third kappa shape index (κ3) is 8.97. The van der Waals surface area contributed by atoms with Gasteiger partial charge in [-0.2, -0.15) is 0 Å². The van der Waals surface area contributed by atoms with Crippen LogP contribution in [0.1, 0.15) is 66.2 Å². The number of hydrogen-bond acceptors (Lipinski definition) is 6. The van der Waals surface area contributed by atoms with Crippen LogP contribution in [0, 0.1) is 0 Å². The van der Waals surface area contributed by atoms with E-state index >= 15 is 0 Å². The zero-order valence-corrected chi connectivity index (χ0v) is 24.9. The Kier molecular flexibility index (Phi) is 12.1. The molecular weight excluding hydrogens is 508 g/mol. The van der Waals surface area contributed by atoms with Gasteiger partial charge < -0.3 is 18.6 Å². The molecule has 2 aromatic rings. The Hall–Kier alpha value is -2.58. The van der Waals surface area contributed by atoms with Gasteiger partial charge in [0.25, 0.3) is 8.32 Å². The van der Waals surface area contributed by atoms with Gasteiger partial charge in [-0.05, 0) is 48.0 Å². The molecule has 0 N–H and O–H groups in total. The van der Waals surface area contributed by atoms with Crippen LogP contribution in [0.15, 0.2) is 72.3 Å². The maximum atomic E-state index is 12.7. The smallest absolute Gasteiger partial charge is 0.313 e. The number of Topliss-reactive ketones (excluding diaryl/α,β-unsaturated/α-hetero) is 1. The van der Waals surface area contributed by atoms with Gasteiger partial charge in [0.2, 0.25) is 0 Å². The van der Waals surface area contributed by atoms with Crippen LogP contribution in [-0.4, -0.2) is 52.8 Å². The summed E-state index contributed by atoms with van der Waals surface area (Å²) < 4.78 is 23.6. The lowest BCUT2D eigenvalue weighted by molar-refractivity contribution is -0.161. The first-order chi connectivity index (χ1) is 18.8. The van der Waals surface area contributed by atoms with Crippen LogP contribution in [-0.2, 0) is 28.2 Å². The molecule has 0 bridgehead atoms. The molecule has 0 saturated carbocycles. The molecule has 0 spiro atoms. The fourth-order valence-corrected chi connectivity index (χ4v) is 9.65. The van der Waals surface area contributed by atoms with Crippen molar-refractivity contribution in [2.24, 2.45) is 0 Å². The molecule has 0 aliphatic carbocycles. The Balaban J connectivity index is 1.82. The molecule has 1 unspecified atom stereocenters. The van der Waals surface area contributed by atoms with Crippen molar-refractivity contribution < 1.29 is 28.2 Å². The largest absolute Gasteiger partial charge is 0.466 e. The standard InChI is InChI=1S/C32H44O6Si/c1-5-35-30(34)25-27(33)24-26(19-22-37-31-18-12-13-21-36-31)20-23-38-39(32(2,3)4,28-14-8-6-9-15-28)29-16-10-7-11-17-29/h6-11,14-17,20,31H,5,12-13,18-19,21-25H2,1-4H3/b26-20-. The summed E-state index contributed by atoms with van der Waals surface area (Å²) in [7, 11) is -2.71. The number of carbonyl (C=O) groups is 2. The summed E-state index contributed by atoms with van der Waals surface area (Å²) in [6, 6.07) is 21.0. The lowest BCUT2D eigenvalue weighted by Crippen LogP contribution is -2.66. The Bertz CT molecular complexity index is 1020. The number of hydrogen-bond donors (Lipinski definition) is 0. The van der Waals surface area contributed by atoms with E-state index in [0.29, 0.717) is 19.6 Å². The average molecular weight is 553 g/mol. The number of ketones is 1. The molecule has 0 aromatic heterocycles. The predicted molar refractivity (Wildman–Crippen MR) is 157 cm³/mol. The van der Waals surface area contributed by atoms with Gasteiger partial charge >= 0.3 is 5.97 Å². The Labute approximate surface area is 234 Å². The topological polar surface area (TPSA) is 71.1 Å². The zero-order chi connectivity index (χ0) is 28.1. The van der Waals surface area contributed by atoms with Crippen molar-refractivity contribution >= 4 is 30.4 Å². The van der Waals surface area contributed by atoms with Crippen LogP contribution in [0.4, 0.5) is 0 Å². The summed E-state index contributed by atoms with van der Waals surface area (Å²) in [4.78, 5) is 24.6. The minimum atomic E-state index is -2.71. The van der Waals surface area contributed by atoms with E-state index in [0.717, 1.165) is 31.4 Å². The lowest BCUT2D eigenvalue weighted by Gasteiger charge is -2.42. The van der Waals surface area contributed by atoms with Crippen molar-refractivity contribution in [2.75, 3.05) is 26.4 Å². The van der Waals surface area contributed by atoms with Crippen LogP contribution >= 0.6 is 0 Å². The van der Waals surface area contributed by atoms with E-state index in [1.54, 1.807) is 6.92 Å².